The third kappa shape index (κ3) is 12.8. The highest BCUT2D eigenvalue weighted by atomic mass is 16.3. The normalized spacial score (nSPS) is 13.6. The standard InChI is InChI=1S/C34H44N4O9/c35-34(15-11-29(43)36-18-14-22-9-10-27(41)28(42)19-22,16-12-30(44)37-32(46)20-23-5-1-3-7-25(23)39)17-13-31(45)38-33(47)21-24-6-2-4-8-26(24)40/h1-10,19,32-33,39-42,46-47H,11-18,20-21,35H2,(H,36,43)(H,37,44)(H,38,45). The summed E-state index contributed by atoms with van der Waals surface area (Å²) in [7, 11) is 0. The molecule has 0 aliphatic heterocycles. The van der Waals surface area contributed by atoms with E-state index in [2.05, 4.69) is 16.0 Å². The number of carbonyl (C=O) groups excluding carboxylic acids is 3. The van der Waals surface area contributed by atoms with Gasteiger partial charge in [0.1, 0.15) is 24.0 Å². The van der Waals surface area contributed by atoms with Crippen LogP contribution in [0.25, 0.3) is 0 Å². The highest BCUT2D eigenvalue weighted by Crippen LogP contribution is 2.26. The lowest BCUT2D eigenvalue weighted by Gasteiger charge is -2.30. The minimum atomic E-state index is -1.26. The molecule has 0 fully saturated rings. The summed E-state index contributed by atoms with van der Waals surface area (Å²) in [4.78, 5) is 38.0. The highest BCUT2D eigenvalue weighted by molar-refractivity contribution is 5.77. The predicted octanol–water partition coefficient (Wildman–Crippen LogP) is 1.56. The van der Waals surface area contributed by atoms with E-state index in [-0.39, 0.29) is 86.8 Å². The largest absolute Gasteiger partial charge is 0.508 e. The van der Waals surface area contributed by atoms with Crippen LogP contribution in [-0.2, 0) is 33.6 Å². The van der Waals surface area contributed by atoms with Crippen LogP contribution in [0.4, 0.5) is 0 Å². The Morgan fingerprint density at radius 3 is 1.57 bits per heavy atom. The summed E-state index contributed by atoms with van der Waals surface area (Å²) in [5, 5.41) is 67.4. The maximum Gasteiger partial charge on any atom is 0.222 e. The van der Waals surface area contributed by atoms with Crippen LogP contribution in [0.2, 0.25) is 0 Å². The topological polar surface area (TPSA) is 235 Å². The number of nitrogens with two attached hydrogens (primary N) is 1. The molecular formula is C34H44N4O9. The van der Waals surface area contributed by atoms with Gasteiger partial charge in [-0.2, -0.15) is 0 Å². The SMILES string of the molecule is NC(CCC(=O)NCCc1ccc(O)c(O)c1)(CCC(=O)NC(O)Cc1ccccc1O)CCC(=O)NC(O)Cc1ccccc1O. The van der Waals surface area contributed by atoms with Gasteiger partial charge in [0.25, 0.3) is 0 Å². The average Bonchev–Trinajstić information content (AvgIpc) is 3.02. The fraction of sp³-hybridized carbons (Fsp3) is 0.382. The molecule has 0 saturated heterocycles. The second kappa shape index (κ2) is 17.7. The van der Waals surface area contributed by atoms with Crippen LogP contribution in [0.1, 0.15) is 55.2 Å². The number of aliphatic hydroxyl groups is 2. The first-order valence-corrected chi connectivity index (χ1v) is 15.4. The lowest BCUT2D eigenvalue weighted by Crippen LogP contribution is -2.45. The van der Waals surface area contributed by atoms with Crippen molar-refractivity contribution in [3.8, 4) is 23.0 Å². The Balaban J connectivity index is 1.54. The summed E-state index contributed by atoms with van der Waals surface area (Å²) in [6.45, 7) is 0.259. The molecule has 3 rings (SSSR count). The zero-order chi connectivity index (χ0) is 34.4. The van der Waals surface area contributed by atoms with Gasteiger partial charge in [0, 0.05) is 44.2 Å². The fourth-order valence-corrected chi connectivity index (χ4v) is 5.02. The van der Waals surface area contributed by atoms with Crippen molar-refractivity contribution in [1.82, 2.24) is 16.0 Å². The number of nitrogens with one attached hydrogen (secondary N) is 3. The van der Waals surface area contributed by atoms with Crippen molar-refractivity contribution in [2.75, 3.05) is 6.54 Å². The number of aromatic hydroxyl groups is 4. The molecule has 0 bridgehead atoms. The van der Waals surface area contributed by atoms with Crippen LogP contribution < -0.4 is 21.7 Å². The van der Waals surface area contributed by atoms with Gasteiger partial charge in [0.15, 0.2) is 11.5 Å². The number of hydrogen-bond acceptors (Lipinski definition) is 10. The van der Waals surface area contributed by atoms with Gasteiger partial charge in [-0.25, -0.2) is 0 Å². The fourth-order valence-electron chi connectivity index (χ4n) is 5.02. The van der Waals surface area contributed by atoms with Crippen molar-refractivity contribution in [3.63, 3.8) is 0 Å². The Morgan fingerprint density at radius 1 is 0.638 bits per heavy atom. The second-order valence-corrected chi connectivity index (χ2v) is 11.6. The summed E-state index contributed by atoms with van der Waals surface area (Å²) in [5.74, 6) is -1.84. The Bertz CT molecular complexity index is 1430. The van der Waals surface area contributed by atoms with E-state index < -0.39 is 29.8 Å². The van der Waals surface area contributed by atoms with Crippen LogP contribution in [0.3, 0.4) is 0 Å². The molecule has 3 amide bonds. The Morgan fingerprint density at radius 2 is 1.11 bits per heavy atom. The third-order valence-corrected chi connectivity index (χ3v) is 7.79. The lowest BCUT2D eigenvalue weighted by molar-refractivity contribution is -0.124. The monoisotopic (exact) mass is 652 g/mol. The Hall–Kier alpha value is -4.85. The number of hydrogen-bond donors (Lipinski definition) is 10. The number of benzene rings is 3. The van der Waals surface area contributed by atoms with Gasteiger partial charge in [-0.15, -0.1) is 0 Å². The summed E-state index contributed by atoms with van der Waals surface area (Å²) in [6.07, 6.45) is -2.10. The minimum absolute atomic E-state index is 0.00756. The van der Waals surface area contributed by atoms with E-state index in [0.717, 1.165) is 0 Å². The van der Waals surface area contributed by atoms with Crippen LogP contribution in [0, 0.1) is 0 Å². The van der Waals surface area contributed by atoms with Crippen LogP contribution in [-0.4, -0.2) is 72.9 Å². The molecule has 47 heavy (non-hydrogen) atoms. The van der Waals surface area contributed by atoms with Crippen LogP contribution in [0.15, 0.2) is 66.7 Å². The van der Waals surface area contributed by atoms with Crippen molar-refractivity contribution in [2.24, 2.45) is 5.73 Å². The van der Waals surface area contributed by atoms with E-state index in [1.165, 1.54) is 24.3 Å². The average molecular weight is 653 g/mol. The van der Waals surface area contributed by atoms with Crippen molar-refractivity contribution >= 4 is 17.7 Å². The first-order valence-electron chi connectivity index (χ1n) is 15.4. The van der Waals surface area contributed by atoms with Gasteiger partial charge < -0.3 is 52.3 Å². The first-order chi connectivity index (χ1) is 22.3. The smallest absolute Gasteiger partial charge is 0.222 e. The summed E-state index contributed by atoms with van der Waals surface area (Å²) in [5.41, 5.74) is 7.14. The maximum atomic E-state index is 12.7. The number of rotatable bonds is 18. The van der Waals surface area contributed by atoms with E-state index in [0.29, 0.717) is 23.1 Å². The van der Waals surface area contributed by atoms with Gasteiger partial charge in [0.2, 0.25) is 17.7 Å². The van der Waals surface area contributed by atoms with Crippen molar-refractivity contribution in [1.29, 1.82) is 0 Å². The van der Waals surface area contributed by atoms with Gasteiger partial charge in [0.05, 0.1) is 0 Å². The molecule has 0 radical (unpaired) electrons. The van der Waals surface area contributed by atoms with E-state index in [9.17, 15) is 45.0 Å². The maximum absolute atomic E-state index is 12.7. The van der Waals surface area contributed by atoms with Gasteiger partial charge in [-0.3, -0.25) is 14.4 Å². The molecule has 2 unspecified atom stereocenters. The molecule has 0 aliphatic carbocycles. The van der Waals surface area contributed by atoms with Crippen LogP contribution >= 0.6 is 0 Å². The molecule has 0 saturated carbocycles. The van der Waals surface area contributed by atoms with Crippen LogP contribution in [0.5, 0.6) is 23.0 Å². The second-order valence-electron chi connectivity index (χ2n) is 11.6. The first kappa shape index (κ1) is 36.6. The van der Waals surface area contributed by atoms with Crippen molar-refractivity contribution in [2.45, 2.75) is 75.8 Å². The molecule has 3 aromatic rings. The summed E-state index contributed by atoms with van der Waals surface area (Å²) >= 11 is 0. The summed E-state index contributed by atoms with van der Waals surface area (Å²) in [6, 6.07) is 17.3. The number of aliphatic hydroxyl groups excluding tert-OH is 2. The summed E-state index contributed by atoms with van der Waals surface area (Å²) < 4.78 is 0. The number of phenols is 4. The third-order valence-electron chi connectivity index (χ3n) is 7.79. The molecule has 254 valence electrons. The van der Waals surface area contributed by atoms with Gasteiger partial charge >= 0.3 is 0 Å². The number of phenolic OH excluding ortho intramolecular Hbond substituents is 4. The molecule has 13 nitrogen and oxygen atoms in total. The highest BCUT2D eigenvalue weighted by Gasteiger charge is 2.28. The molecule has 2 atom stereocenters. The van der Waals surface area contributed by atoms with E-state index >= 15 is 0 Å². The van der Waals surface area contributed by atoms with Gasteiger partial charge in [-0.05, 0) is 66.6 Å². The van der Waals surface area contributed by atoms with Gasteiger partial charge in [-0.1, -0.05) is 42.5 Å². The Kier molecular flexibility index (Phi) is 13.8. The predicted molar refractivity (Wildman–Crippen MR) is 173 cm³/mol. The number of para-hydroxylation sites is 2. The molecular weight excluding hydrogens is 608 g/mol. The van der Waals surface area contributed by atoms with E-state index in [1.54, 1.807) is 42.5 Å². The molecule has 0 spiro atoms. The van der Waals surface area contributed by atoms with Crippen molar-refractivity contribution < 1.29 is 45.0 Å². The van der Waals surface area contributed by atoms with Crippen molar-refractivity contribution in [3.05, 3.63) is 83.4 Å². The quantitative estimate of drug-likeness (QED) is 0.0703. The minimum Gasteiger partial charge on any atom is -0.508 e. The Labute approximate surface area is 273 Å². The number of amides is 3. The van der Waals surface area contributed by atoms with E-state index in [1.807, 2.05) is 0 Å². The zero-order valence-corrected chi connectivity index (χ0v) is 26.1. The number of carbonyl (C=O) groups is 3. The molecule has 0 heterocycles. The molecule has 11 N–H and O–H groups in total. The molecule has 13 heteroatoms. The zero-order valence-electron chi connectivity index (χ0n) is 26.1. The molecule has 0 aromatic heterocycles. The van der Waals surface area contributed by atoms with E-state index in [4.69, 9.17) is 5.73 Å². The lowest BCUT2D eigenvalue weighted by atomic mass is 9.84. The molecule has 0 aliphatic rings. The molecule has 3 aromatic carbocycles.